The van der Waals surface area contributed by atoms with Crippen LogP contribution < -0.4 is 0 Å². The van der Waals surface area contributed by atoms with Crippen LogP contribution >= 0.6 is 0 Å². The normalized spacial score (nSPS) is 27.5. The third kappa shape index (κ3) is 2.75. The van der Waals surface area contributed by atoms with Crippen LogP contribution in [0.15, 0.2) is 41.8 Å². The number of sulfonamides is 1. The Morgan fingerprint density at radius 2 is 2.12 bits per heavy atom. The minimum Gasteiger partial charge on any atom is -0.274 e. The molecule has 6 nitrogen and oxygen atoms in total. The van der Waals surface area contributed by atoms with Crippen molar-refractivity contribution in [2.45, 2.75) is 24.2 Å². The number of hydrogen-bond donors (Lipinski definition) is 0. The molecule has 0 spiro atoms. The molecule has 2 aromatic rings. The fraction of sp³-hybridized carbons (Fsp3) is 0.529. The first-order valence-electron chi connectivity index (χ1n) is 8.42. The maximum Gasteiger partial charge on any atom is 0.246 e. The molecular formula is C17H22N4O2S. The van der Waals surface area contributed by atoms with Crippen molar-refractivity contribution >= 4 is 10.0 Å². The minimum absolute atomic E-state index is 0.300. The zero-order valence-electron chi connectivity index (χ0n) is 13.7. The molecule has 1 aliphatic carbocycles. The second-order valence-corrected chi connectivity index (χ2v) is 8.94. The van der Waals surface area contributed by atoms with Crippen molar-refractivity contribution in [1.29, 1.82) is 0 Å². The fourth-order valence-electron chi connectivity index (χ4n) is 4.29. The van der Waals surface area contributed by atoms with Crippen LogP contribution in [-0.2, 0) is 23.5 Å². The van der Waals surface area contributed by atoms with Gasteiger partial charge in [0.05, 0.1) is 6.20 Å². The Bertz CT molecular complexity index is 818. The quantitative estimate of drug-likeness (QED) is 0.845. The lowest BCUT2D eigenvalue weighted by atomic mass is 9.88. The molecule has 4 rings (SSSR count). The molecule has 0 bridgehead atoms. The summed E-state index contributed by atoms with van der Waals surface area (Å²) in [5.74, 6) is 1.49. The van der Waals surface area contributed by atoms with E-state index in [1.54, 1.807) is 23.7 Å². The van der Waals surface area contributed by atoms with Gasteiger partial charge in [-0.25, -0.2) is 8.42 Å². The van der Waals surface area contributed by atoms with E-state index in [4.69, 9.17) is 0 Å². The molecular weight excluding hydrogens is 324 g/mol. The highest BCUT2D eigenvalue weighted by atomic mass is 32.2. The Hall–Kier alpha value is -1.73. The van der Waals surface area contributed by atoms with Crippen LogP contribution in [0.4, 0.5) is 0 Å². The first kappa shape index (κ1) is 15.8. The van der Waals surface area contributed by atoms with Gasteiger partial charge in [0.1, 0.15) is 4.90 Å². The van der Waals surface area contributed by atoms with E-state index in [2.05, 4.69) is 16.1 Å². The molecule has 1 aliphatic heterocycles. The number of nitrogens with zero attached hydrogens (tertiary/aromatic N) is 4. The molecule has 2 aromatic heterocycles. The maximum atomic E-state index is 12.8. The van der Waals surface area contributed by atoms with Gasteiger partial charge < -0.3 is 0 Å². The number of aromatic nitrogens is 3. The summed E-state index contributed by atoms with van der Waals surface area (Å²) in [7, 11) is -1.68. The molecule has 0 amide bonds. The Labute approximate surface area is 142 Å². The number of pyridine rings is 1. The number of rotatable bonds is 4. The van der Waals surface area contributed by atoms with Crippen LogP contribution in [0.2, 0.25) is 0 Å². The summed E-state index contributed by atoms with van der Waals surface area (Å²) in [6, 6.07) is 4.08. The average molecular weight is 346 g/mol. The summed E-state index contributed by atoms with van der Waals surface area (Å²) < 4.78 is 28.8. The number of fused-ring (bicyclic) bond motifs is 1. The van der Waals surface area contributed by atoms with E-state index in [9.17, 15) is 8.42 Å². The lowest BCUT2D eigenvalue weighted by Gasteiger charge is -2.20. The standard InChI is InChI=1S/C17H22N4O2S/c1-20-11-16(9-19-20)24(22,23)21-10-15-5-4-14(17(15)12-21)7-13-3-2-6-18-8-13/h2-3,6,8-9,11,14-15,17H,4-5,7,10,12H2,1H3/t14-,15-,17-/m1/s1. The summed E-state index contributed by atoms with van der Waals surface area (Å²) in [6.45, 7) is 1.28. The van der Waals surface area contributed by atoms with Crippen molar-refractivity contribution in [1.82, 2.24) is 19.1 Å². The van der Waals surface area contributed by atoms with Gasteiger partial charge >= 0.3 is 0 Å². The van der Waals surface area contributed by atoms with Crippen LogP contribution in [-0.4, -0.2) is 40.6 Å². The van der Waals surface area contributed by atoms with Crippen molar-refractivity contribution in [2.75, 3.05) is 13.1 Å². The van der Waals surface area contributed by atoms with Gasteiger partial charge in [0, 0.05) is 38.7 Å². The zero-order valence-corrected chi connectivity index (χ0v) is 14.6. The molecule has 1 saturated heterocycles. The van der Waals surface area contributed by atoms with Gasteiger partial charge in [0.2, 0.25) is 10.0 Å². The predicted octanol–water partition coefficient (Wildman–Crippen LogP) is 1.70. The Balaban J connectivity index is 1.50. The van der Waals surface area contributed by atoms with Crippen molar-refractivity contribution in [3.8, 4) is 0 Å². The molecule has 3 heterocycles. The first-order chi connectivity index (χ1) is 11.5. The predicted molar refractivity (Wildman–Crippen MR) is 89.6 cm³/mol. The van der Waals surface area contributed by atoms with E-state index >= 15 is 0 Å². The molecule has 3 atom stereocenters. The summed E-state index contributed by atoms with van der Waals surface area (Å²) in [5, 5.41) is 4.00. The van der Waals surface area contributed by atoms with Crippen molar-refractivity contribution in [3.05, 3.63) is 42.5 Å². The van der Waals surface area contributed by atoms with Crippen LogP contribution in [0, 0.1) is 17.8 Å². The SMILES string of the molecule is Cn1cc(S(=O)(=O)N2C[C@H]3CC[C@H](Cc4cccnc4)[C@H]3C2)cn1. The van der Waals surface area contributed by atoms with Gasteiger partial charge in [0.15, 0.2) is 0 Å². The highest BCUT2D eigenvalue weighted by Gasteiger charge is 2.46. The molecule has 7 heteroatoms. The minimum atomic E-state index is -3.42. The second-order valence-electron chi connectivity index (χ2n) is 7.00. The van der Waals surface area contributed by atoms with Gasteiger partial charge in [-0.1, -0.05) is 6.07 Å². The first-order valence-corrected chi connectivity index (χ1v) is 9.86. The highest BCUT2D eigenvalue weighted by Crippen LogP contribution is 2.44. The Morgan fingerprint density at radius 3 is 2.83 bits per heavy atom. The molecule has 0 unspecified atom stereocenters. The third-order valence-electron chi connectivity index (χ3n) is 5.51. The maximum absolute atomic E-state index is 12.8. The zero-order chi connectivity index (χ0) is 16.7. The van der Waals surface area contributed by atoms with Crippen molar-refractivity contribution < 1.29 is 8.42 Å². The van der Waals surface area contributed by atoms with Crippen LogP contribution in [0.5, 0.6) is 0 Å². The molecule has 2 fully saturated rings. The van der Waals surface area contributed by atoms with E-state index in [-0.39, 0.29) is 0 Å². The monoisotopic (exact) mass is 346 g/mol. The van der Waals surface area contributed by atoms with Gasteiger partial charge in [0.25, 0.3) is 0 Å². The average Bonchev–Trinajstić information content (AvgIpc) is 3.26. The third-order valence-corrected chi connectivity index (χ3v) is 7.30. The fourth-order valence-corrected chi connectivity index (χ4v) is 5.81. The second kappa shape index (κ2) is 5.97. The summed E-state index contributed by atoms with van der Waals surface area (Å²) in [6.07, 6.45) is 10.0. The van der Waals surface area contributed by atoms with Gasteiger partial charge in [-0.05, 0) is 48.6 Å². The molecule has 0 radical (unpaired) electrons. The van der Waals surface area contributed by atoms with Gasteiger partial charge in [-0.15, -0.1) is 0 Å². The van der Waals surface area contributed by atoms with Gasteiger partial charge in [-0.2, -0.15) is 9.40 Å². The molecule has 128 valence electrons. The number of hydrogen-bond acceptors (Lipinski definition) is 4. The molecule has 24 heavy (non-hydrogen) atoms. The lowest BCUT2D eigenvalue weighted by Crippen LogP contribution is -2.30. The highest BCUT2D eigenvalue weighted by molar-refractivity contribution is 7.89. The summed E-state index contributed by atoms with van der Waals surface area (Å²) in [4.78, 5) is 4.49. The van der Waals surface area contributed by atoms with Crippen LogP contribution in [0.25, 0.3) is 0 Å². The molecule has 2 aliphatic rings. The Kier molecular flexibility index (Phi) is 3.92. The summed E-state index contributed by atoms with van der Waals surface area (Å²) in [5.41, 5.74) is 1.25. The molecule has 1 saturated carbocycles. The smallest absolute Gasteiger partial charge is 0.246 e. The van der Waals surface area contributed by atoms with Crippen LogP contribution in [0.1, 0.15) is 18.4 Å². The van der Waals surface area contributed by atoms with Crippen LogP contribution in [0.3, 0.4) is 0 Å². The van der Waals surface area contributed by atoms with Gasteiger partial charge in [-0.3, -0.25) is 9.67 Å². The molecule has 0 aromatic carbocycles. The summed E-state index contributed by atoms with van der Waals surface area (Å²) >= 11 is 0. The lowest BCUT2D eigenvalue weighted by molar-refractivity contribution is 0.358. The van der Waals surface area contributed by atoms with E-state index < -0.39 is 10.0 Å². The number of aryl methyl sites for hydroxylation is 1. The Morgan fingerprint density at radius 1 is 1.25 bits per heavy atom. The van der Waals surface area contributed by atoms with E-state index in [0.717, 1.165) is 12.8 Å². The topological polar surface area (TPSA) is 68.1 Å². The van der Waals surface area contributed by atoms with E-state index in [0.29, 0.717) is 35.7 Å². The van der Waals surface area contributed by atoms with Crippen molar-refractivity contribution in [3.63, 3.8) is 0 Å². The largest absolute Gasteiger partial charge is 0.274 e. The molecule has 0 N–H and O–H groups in total. The van der Waals surface area contributed by atoms with Crippen molar-refractivity contribution in [2.24, 2.45) is 24.8 Å². The van der Waals surface area contributed by atoms with E-state index in [1.165, 1.54) is 22.9 Å². The van der Waals surface area contributed by atoms with E-state index in [1.807, 2.05) is 12.3 Å².